The fourth-order valence-corrected chi connectivity index (χ4v) is 2.06. The summed E-state index contributed by atoms with van der Waals surface area (Å²) in [5, 5.41) is 5.42. The van der Waals surface area contributed by atoms with Crippen molar-refractivity contribution in [2.24, 2.45) is 0 Å². The van der Waals surface area contributed by atoms with Crippen molar-refractivity contribution in [1.29, 1.82) is 0 Å². The minimum absolute atomic E-state index is 0.0771. The van der Waals surface area contributed by atoms with Crippen molar-refractivity contribution in [3.05, 3.63) is 42.0 Å². The topological polar surface area (TPSA) is 32.3 Å². The van der Waals surface area contributed by atoms with Crippen LogP contribution in [0.15, 0.2) is 36.4 Å². The van der Waals surface area contributed by atoms with E-state index in [1.165, 1.54) is 10.9 Å². The molecule has 3 nitrogen and oxygen atoms in total. The lowest BCUT2D eigenvalue weighted by molar-refractivity contribution is -0.117. The summed E-state index contributed by atoms with van der Waals surface area (Å²) in [4.78, 5) is 13.7. The van der Waals surface area contributed by atoms with E-state index < -0.39 is 0 Å². The number of fused-ring (bicyclic) bond motifs is 1. The van der Waals surface area contributed by atoms with Crippen LogP contribution in [-0.4, -0.2) is 26.0 Å². The Hall–Kier alpha value is -1.87. The molecule has 100 valence electrons. The predicted octanol–water partition coefficient (Wildman–Crippen LogP) is 2.72. The highest BCUT2D eigenvalue weighted by atomic mass is 16.2. The van der Waals surface area contributed by atoms with Crippen molar-refractivity contribution in [2.45, 2.75) is 13.8 Å². The maximum atomic E-state index is 12.0. The quantitative estimate of drug-likeness (QED) is 0.912. The van der Waals surface area contributed by atoms with Gasteiger partial charge in [-0.05, 0) is 36.4 Å². The van der Waals surface area contributed by atoms with E-state index in [1.807, 2.05) is 20.0 Å². The number of amides is 1. The van der Waals surface area contributed by atoms with Crippen LogP contribution in [0.4, 0.5) is 5.69 Å². The molecule has 0 heterocycles. The Labute approximate surface area is 114 Å². The summed E-state index contributed by atoms with van der Waals surface area (Å²) in [7, 11) is 1.81. The van der Waals surface area contributed by atoms with Gasteiger partial charge in [0.25, 0.3) is 0 Å². The highest BCUT2D eigenvalue weighted by Gasteiger charge is 2.10. The molecule has 0 saturated carbocycles. The number of benzene rings is 2. The molecule has 0 fully saturated rings. The summed E-state index contributed by atoms with van der Waals surface area (Å²) in [5.74, 6) is 0.0771. The third kappa shape index (κ3) is 3.12. The van der Waals surface area contributed by atoms with E-state index in [4.69, 9.17) is 0 Å². The number of hydrogen-bond acceptors (Lipinski definition) is 2. The number of likely N-dealkylation sites (N-methyl/N-ethyl adjacent to an activating group) is 2. The molecule has 2 rings (SSSR count). The van der Waals surface area contributed by atoms with Crippen molar-refractivity contribution in [2.75, 3.05) is 25.0 Å². The molecule has 0 bridgehead atoms. The summed E-state index contributed by atoms with van der Waals surface area (Å²) < 4.78 is 0. The molecule has 0 atom stereocenters. The molecule has 0 radical (unpaired) electrons. The normalized spacial score (nSPS) is 10.7. The Kier molecular flexibility index (Phi) is 4.17. The summed E-state index contributed by atoms with van der Waals surface area (Å²) in [6.07, 6.45) is 0. The van der Waals surface area contributed by atoms with Gasteiger partial charge >= 0.3 is 0 Å². The Morgan fingerprint density at radius 1 is 1.16 bits per heavy atom. The second-order valence-electron chi connectivity index (χ2n) is 4.77. The molecule has 2 aromatic carbocycles. The first-order chi connectivity index (χ1) is 9.11. The molecule has 0 aliphatic carbocycles. The Morgan fingerprint density at radius 3 is 2.58 bits per heavy atom. The summed E-state index contributed by atoms with van der Waals surface area (Å²) >= 11 is 0. The molecule has 1 N–H and O–H groups in total. The number of anilines is 1. The maximum absolute atomic E-state index is 12.0. The molecule has 19 heavy (non-hydrogen) atoms. The predicted molar refractivity (Wildman–Crippen MR) is 80.6 cm³/mol. The zero-order valence-electron chi connectivity index (χ0n) is 11.7. The fourth-order valence-electron chi connectivity index (χ4n) is 2.06. The van der Waals surface area contributed by atoms with E-state index in [-0.39, 0.29) is 5.91 Å². The molecular formula is C16H20N2O. The van der Waals surface area contributed by atoms with Gasteiger partial charge in [-0.3, -0.25) is 4.79 Å². The van der Waals surface area contributed by atoms with E-state index in [2.05, 4.69) is 42.6 Å². The van der Waals surface area contributed by atoms with E-state index in [0.29, 0.717) is 6.54 Å². The average molecular weight is 256 g/mol. The SMILES string of the molecule is CCNCC(=O)N(C)c1ccc2cc(C)ccc2c1. The van der Waals surface area contributed by atoms with Gasteiger partial charge in [0, 0.05) is 12.7 Å². The fraction of sp³-hybridized carbons (Fsp3) is 0.312. The van der Waals surface area contributed by atoms with Crippen LogP contribution in [0.2, 0.25) is 0 Å². The lowest BCUT2D eigenvalue weighted by Gasteiger charge is -2.18. The van der Waals surface area contributed by atoms with Gasteiger partial charge in [0.05, 0.1) is 6.54 Å². The molecule has 0 unspecified atom stereocenters. The van der Waals surface area contributed by atoms with Crippen LogP contribution in [0, 0.1) is 6.92 Å². The Bertz CT molecular complexity index is 592. The standard InChI is InChI=1S/C16H20N2O/c1-4-17-11-16(19)18(3)15-8-7-13-9-12(2)5-6-14(13)10-15/h5-10,17H,4,11H2,1-3H3. The summed E-state index contributed by atoms with van der Waals surface area (Å²) in [6, 6.07) is 12.4. The monoisotopic (exact) mass is 256 g/mol. The summed E-state index contributed by atoms with van der Waals surface area (Å²) in [5.41, 5.74) is 2.18. The van der Waals surface area contributed by atoms with Gasteiger partial charge in [-0.25, -0.2) is 0 Å². The molecular weight excluding hydrogens is 236 g/mol. The Balaban J connectivity index is 2.25. The Morgan fingerprint density at radius 2 is 1.84 bits per heavy atom. The number of nitrogens with one attached hydrogen (secondary N) is 1. The average Bonchev–Trinajstić information content (AvgIpc) is 2.43. The lowest BCUT2D eigenvalue weighted by Crippen LogP contribution is -2.35. The van der Waals surface area contributed by atoms with Gasteiger partial charge in [-0.1, -0.05) is 36.8 Å². The molecule has 0 saturated heterocycles. The van der Waals surface area contributed by atoms with Crippen LogP contribution >= 0.6 is 0 Å². The van der Waals surface area contributed by atoms with Crippen LogP contribution in [0.5, 0.6) is 0 Å². The van der Waals surface area contributed by atoms with Gasteiger partial charge in [0.15, 0.2) is 0 Å². The van der Waals surface area contributed by atoms with Crippen LogP contribution in [0.25, 0.3) is 10.8 Å². The van der Waals surface area contributed by atoms with Crippen molar-refractivity contribution in [3.63, 3.8) is 0 Å². The first-order valence-electron chi connectivity index (χ1n) is 6.59. The van der Waals surface area contributed by atoms with Crippen LogP contribution < -0.4 is 10.2 Å². The van der Waals surface area contributed by atoms with Crippen molar-refractivity contribution < 1.29 is 4.79 Å². The zero-order valence-corrected chi connectivity index (χ0v) is 11.7. The highest BCUT2D eigenvalue weighted by Crippen LogP contribution is 2.22. The van der Waals surface area contributed by atoms with Crippen molar-refractivity contribution >= 4 is 22.4 Å². The van der Waals surface area contributed by atoms with Crippen LogP contribution in [0.3, 0.4) is 0 Å². The molecule has 2 aromatic rings. The largest absolute Gasteiger partial charge is 0.314 e. The van der Waals surface area contributed by atoms with Crippen molar-refractivity contribution in [3.8, 4) is 0 Å². The number of aryl methyl sites for hydroxylation is 1. The third-order valence-corrected chi connectivity index (χ3v) is 3.27. The first kappa shape index (κ1) is 13.6. The first-order valence-corrected chi connectivity index (χ1v) is 6.59. The second-order valence-corrected chi connectivity index (χ2v) is 4.77. The highest BCUT2D eigenvalue weighted by molar-refractivity contribution is 5.97. The maximum Gasteiger partial charge on any atom is 0.240 e. The van der Waals surface area contributed by atoms with E-state index >= 15 is 0 Å². The minimum Gasteiger partial charge on any atom is -0.314 e. The molecule has 0 aromatic heterocycles. The van der Waals surface area contributed by atoms with E-state index in [1.54, 1.807) is 4.90 Å². The number of carbonyl (C=O) groups is 1. The van der Waals surface area contributed by atoms with Gasteiger partial charge in [-0.2, -0.15) is 0 Å². The molecule has 0 aliphatic rings. The molecule has 0 aliphatic heterocycles. The van der Waals surface area contributed by atoms with E-state index in [0.717, 1.165) is 17.6 Å². The summed E-state index contributed by atoms with van der Waals surface area (Å²) in [6.45, 7) is 5.25. The number of rotatable bonds is 4. The van der Waals surface area contributed by atoms with Gasteiger partial charge in [0.2, 0.25) is 5.91 Å². The van der Waals surface area contributed by atoms with Crippen LogP contribution in [-0.2, 0) is 4.79 Å². The number of nitrogens with zero attached hydrogens (tertiary/aromatic N) is 1. The van der Waals surface area contributed by atoms with Gasteiger partial charge in [-0.15, -0.1) is 0 Å². The molecule has 1 amide bonds. The zero-order chi connectivity index (χ0) is 13.8. The molecule has 0 spiro atoms. The minimum atomic E-state index is 0.0771. The van der Waals surface area contributed by atoms with Gasteiger partial charge < -0.3 is 10.2 Å². The van der Waals surface area contributed by atoms with Crippen LogP contribution in [0.1, 0.15) is 12.5 Å². The third-order valence-electron chi connectivity index (χ3n) is 3.27. The van der Waals surface area contributed by atoms with Gasteiger partial charge in [0.1, 0.15) is 0 Å². The smallest absolute Gasteiger partial charge is 0.240 e. The number of hydrogen-bond donors (Lipinski definition) is 1. The van der Waals surface area contributed by atoms with E-state index in [9.17, 15) is 4.79 Å². The molecule has 3 heteroatoms. The second kappa shape index (κ2) is 5.85. The number of carbonyl (C=O) groups excluding carboxylic acids is 1. The lowest BCUT2D eigenvalue weighted by atomic mass is 10.1. The van der Waals surface area contributed by atoms with Crippen molar-refractivity contribution in [1.82, 2.24) is 5.32 Å².